The Kier molecular flexibility index (Phi) is 3.45. The molecule has 0 aromatic carbocycles. The van der Waals surface area contributed by atoms with Crippen LogP contribution in [0, 0.1) is 11.3 Å². The third kappa shape index (κ3) is 2.16. The number of Topliss-reactive ketones (excluding diaryl/α,β-unsaturated/α-hetero) is 1. The van der Waals surface area contributed by atoms with Gasteiger partial charge in [0.2, 0.25) is 0 Å². The lowest BCUT2D eigenvalue weighted by molar-refractivity contribution is -0.116. The van der Waals surface area contributed by atoms with Crippen molar-refractivity contribution in [2.75, 3.05) is 0 Å². The topological polar surface area (TPSA) is 40.9 Å². The Balaban J connectivity index is 2.40. The van der Waals surface area contributed by atoms with E-state index in [1.165, 1.54) is 12.8 Å². The first-order valence-corrected chi connectivity index (χ1v) is 4.87. The first kappa shape index (κ1) is 9.43. The maximum absolute atomic E-state index is 11.5. The molecular weight excluding hydrogens is 150 g/mol. The van der Waals surface area contributed by atoms with Gasteiger partial charge in [0.1, 0.15) is 0 Å². The van der Waals surface area contributed by atoms with Crippen molar-refractivity contribution in [2.24, 2.45) is 5.92 Å². The highest BCUT2D eigenvalue weighted by Gasteiger charge is 2.24. The Morgan fingerprint density at radius 2 is 2.00 bits per heavy atom. The minimum atomic E-state index is 0.120. The van der Waals surface area contributed by atoms with E-state index in [0.29, 0.717) is 12.1 Å². The number of ketones is 1. The van der Waals surface area contributed by atoms with E-state index < -0.39 is 0 Å². The van der Waals surface area contributed by atoms with Gasteiger partial charge >= 0.3 is 0 Å². The molecule has 0 aromatic heterocycles. The van der Waals surface area contributed by atoms with Crippen molar-refractivity contribution < 1.29 is 4.79 Å². The molecule has 0 bridgehead atoms. The van der Waals surface area contributed by atoms with E-state index in [9.17, 15) is 4.79 Å². The highest BCUT2D eigenvalue weighted by atomic mass is 16.1. The fourth-order valence-electron chi connectivity index (χ4n) is 1.81. The van der Waals surface area contributed by atoms with Gasteiger partial charge < -0.3 is 5.41 Å². The fraction of sp³-hybridized carbons (Fsp3) is 0.800. The van der Waals surface area contributed by atoms with Gasteiger partial charge in [0.25, 0.3) is 0 Å². The van der Waals surface area contributed by atoms with Crippen molar-refractivity contribution in [3.8, 4) is 0 Å². The van der Waals surface area contributed by atoms with Gasteiger partial charge in [-0.2, -0.15) is 0 Å². The van der Waals surface area contributed by atoms with Crippen LogP contribution in [-0.2, 0) is 4.79 Å². The molecule has 2 heteroatoms. The van der Waals surface area contributed by atoms with Crippen LogP contribution in [0.15, 0.2) is 0 Å². The number of hydrogen-bond donors (Lipinski definition) is 1. The molecule has 0 aromatic rings. The maximum Gasteiger partial charge on any atom is 0.179 e. The summed E-state index contributed by atoms with van der Waals surface area (Å²) in [6.45, 7) is 2.01. The van der Waals surface area contributed by atoms with Crippen molar-refractivity contribution in [3.05, 3.63) is 0 Å². The zero-order valence-corrected chi connectivity index (χ0v) is 7.73. The van der Waals surface area contributed by atoms with E-state index in [1.54, 1.807) is 0 Å². The van der Waals surface area contributed by atoms with Crippen molar-refractivity contribution in [3.63, 3.8) is 0 Å². The van der Waals surface area contributed by atoms with Crippen LogP contribution in [0.3, 0.4) is 0 Å². The number of nitrogens with one attached hydrogen (secondary N) is 1. The Labute approximate surface area is 73.9 Å². The first-order valence-electron chi connectivity index (χ1n) is 4.87. The molecule has 2 nitrogen and oxygen atoms in total. The molecule has 0 spiro atoms. The molecule has 1 rings (SSSR count). The summed E-state index contributed by atoms with van der Waals surface area (Å²) >= 11 is 0. The van der Waals surface area contributed by atoms with E-state index >= 15 is 0 Å². The average Bonchev–Trinajstić information content (AvgIpc) is 2.55. The summed E-state index contributed by atoms with van der Waals surface area (Å²) in [5.74, 6) is 0.318. The average molecular weight is 167 g/mol. The van der Waals surface area contributed by atoms with Crippen LogP contribution < -0.4 is 0 Å². The summed E-state index contributed by atoms with van der Waals surface area (Å²) in [5.41, 5.74) is 0.351. The lowest BCUT2D eigenvalue weighted by Gasteiger charge is -2.07. The van der Waals surface area contributed by atoms with Gasteiger partial charge in [-0.3, -0.25) is 4.79 Å². The van der Waals surface area contributed by atoms with Gasteiger partial charge in [0.05, 0.1) is 5.71 Å². The van der Waals surface area contributed by atoms with Crippen LogP contribution in [0.25, 0.3) is 0 Å². The van der Waals surface area contributed by atoms with Gasteiger partial charge in [-0.05, 0) is 19.3 Å². The van der Waals surface area contributed by atoms with Crippen LogP contribution in [0.4, 0.5) is 0 Å². The van der Waals surface area contributed by atoms with Crippen molar-refractivity contribution in [1.82, 2.24) is 0 Å². The third-order valence-electron chi connectivity index (χ3n) is 2.52. The number of carbonyl (C=O) groups is 1. The lowest BCUT2D eigenvalue weighted by Crippen LogP contribution is -2.20. The smallest absolute Gasteiger partial charge is 0.179 e. The summed E-state index contributed by atoms with van der Waals surface area (Å²) in [4.78, 5) is 11.5. The molecule has 1 saturated carbocycles. The predicted octanol–water partition coefficient (Wildman–Crippen LogP) is 2.57. The van der Waals surface area contributed by atoms with Crippen molar-refractivity contribution >= 4 is 11.5 Å². The van der Waals surface area contributed by atoms with Crippen LogP contribution in [0.5, 0.6) is 0 Å². The molecule has 1 fully saturated rings. The van der Waals surface area contributed by atoms with E-state index in [-0.39, 0.29) is 11.7 Å². The molecule has 12 heavy (non-hydrogen) atoms. The summed E-state index contributed by atoms with van der Waals surface area (Å²) < 4.78 is 0. The Morgan fingerprint density at radius 3 is 2.50 bits per heavy atom. The molecule has 0 aliphatic heterocycles. The third-order valence-corrected chi connectivity index (χ3v) is 2.52. The minimum Gasteiger partial charge on any atom is -0.302 e. The van der Waals surface area contributed by atoms with Gasteiger partial charge in [0.15, 0.2) is 5.78 Å². The highest BCUT2D eigenvalue weighted by molar-refractivity contribution is 6.39. The lowest BCUT2D eigenvalue weighted by atomic mass is 9.97. The Hall–Kier alpha value is -0.660. The largest absolute Gasteiger partial charge is 0.302 e. The van der Waals surface area contributed by atoms with E-state index in [2.05, 4.69) is 0 Å². The fourth-order valence-corrected chi connectivity index (χ4v) is 1.81. The minimum absolute atomic E-state index is 0.120. The second-order valence-electron chi connectivity index (χ2n) is 3.57. The molecular formula is C10H17NO. The van der Waals surface area contributed by atoms with Gasteiger partial charge in [0, 0.05) is 5.92 Å². The van der Waals surface area contributed by atoms with E-state index in [4.69, 9.17) is 5.41 Å². The second kappa shape index (κ2) is 4.39. The summed E-state index contributed by atoms with van der Waals surface area (Å²) in [5, 5.41) is 7.51. The van der Waals surface area contributed by atoms with Gasteiger partial charge in [-0.25, -0.2) is 0 Å². The predicted molar refractivity (Wildman–Crippen MR) is 49.6 cm³/mol. The normalized spacial score (nSPS) is 18.1. The van der Waals surface area contributed by atoms with Crippen LogP contribution >= 0.6 is 0 Å². The Bertz CT molecular complexity index is 180. The number of carbonyl (C=O) groups excluding carboxylic acids is 1. The van der Waals surface area contributed by atoms with Gasteiger partial charge in [-0.1, -0.05) is 26.2 Å². The van der Waals surface area contributed by atoms with E-state index in [1.807, 2.05) is 6.92 Å². The van der Waals surface area contributed by atoms with Crippen molar-refractivity contribution in [1.29, 1.82) is 5.41 Å². The highest BCUT2D eigenvalue weighted by Crippen LogP contribution is 2.26. The molecule has 0 atom stereocenters. The number of hydrogen-bond acceptors (Lipinski definition) is 2. The zero-order valence-electron chi connectivity index (χ0n) is 7.73. The summed E-state index contributed by atoms with van der Waals surface area (Å²) in [6.07, 6.45) is 5.97. The molecule has 0 saturated heterocycles. The van der Waals surface area contributed by atoms with Crippen molar-refractivity contribution in [2.45, 2.75) is 45.4 Å². The zero-order chi connectivity index (χ0) is 8.97. The molecule has 1 N–H and O–H groups in total. The summed E-state index contributed by atoms with van der Waals surface area (Å²) in [6, 6.07) is 0. The molecule has 0 heterocycles. The van der Waals surface area contributed by atoms with Crippen LogP contribution in [-0.4, -0.2) is 11.5 Å². The standard InChI is InChI=1S/C10H17NO/c1-2-5-9(11)10(12)8-6-3-4-7-8/h8,11H,2-7H2,1H3. The molecule has 0 radical (unpaired) electrons. The van der Waals surface area contributed by atoms with Gasteiger partial charge in [-0.15, -0.1) is 0 Å². The quantitative estimate of drug-likeness (QED) is 0.642. The SMILES string of the molecule is CCCC(=N)C(=O)C1CCCC1. The Morgan fingerprint density at radius 1 is 1.42 bits per heavy atom. The van der Waals surface area contributed by atoms with Crippen LogP contribution in [0.1, 0.15) is 45.4 Å². The second-order valence-corrected chi connectivity index (χ2v) is 3.57. The first-order chi connectivity index (χ1) is 5.75. The molecule has 0 unspecified atom stereocenters. The maximum atomic E-state index is 11.5. The molecule has 0 amide bonds. The van der Waals surface area contributed by atoms with Crippen LogP contribution in [0.2, 0.25) is 0 Å². The molecule has 1 aliphatic rings. The van der Waals surface area contributed by atoms with E-state index in [0.717, 1.165) is 19.3 Å². The molecule has 68 valence electrons. The monoisotopic (exact) mass is 167 g/mol. The summed E-state index contributed by atoms with van der Waals surface area (Å²) in [7, 11) is 0. The molecule has 1 aliphatic carbocycles. The number of rotatable bonds is 4.